The van der Waals surface area contributed by atoms with Crippen LogP contribution in [-0.4, -0.2) is 57.0 Å². The molecule has 2 aromatic carbocycles. The highest BCUT2D eigenvalue weighted by atomic mass is 32.2. The number of morpholine rings is 1. The maximum atomic E-state index is 13.0. The summed E-state index contributed by atoms with van der Waals surface area (Å²) in [6.07, 6.45) is -0.234. The Bertz CT molecular complexity index is 1010. The molecule has 0 saturated carbocycles. The molecule has 160 valence electrons. The Labute approximate surface area is 175 Å². The van der Waals surface area contributed by atoms with Gasteiger partial charge in [-0.2, -0.15) is 4.31 Å². The Morgan fingerprint density at radius 2 is 1.67 bits per heavy atom. The average molecular weight is 432 g/mol. The van der Waals surface area contributed by atoms with Crippen LogP contribution in [0.3, 0.4) is 0 Å². The number of esters is 1. The molecule has 0 spiro atoms. The molecule has 1 fully saturated rings. The maximum absolute atomic E-state index is 13.0. The van der Waals surface area contributed by atoms with E-state index >= 15 is 0 Å². The van der Waals surface area contributed by atoms with E-state index in [0.29, 0.717) is 24.5 Å². The molecule has 1 aliphatic rings. The number of anilines is 1. The van der Waals surface area contributed by atoms with Crippen LogP contribution in [0.4, 0.5) is 5.69 Å². The van der Waals surface area contributed by atoms with E-state index in [4.69, 9.17) is 9.47 Å². The van der Waals surface area contributed by atoms with Crippen LogP contribution in [0.2, 0.25) is 0 Å². The van der Waals surface area contributed by atoms with Crippen molar-refractivity contribution in [1.29, 1.82) is 0 Å². The lowest BCUT2D eigenvalue weighted by Crippen LogP contribution is -2.41. The van der Waals surface area contributed by atoms with Gasteiger partial charge in [0.05, 0.1) is 35.3 Å². The fourth-order valence-electron chi connectivity index (χ4n) is 2.98. The zero-order valence-corrected chi connectivity index (χ0v) is 17.6. The van der Waals surface area contributed by atoms with Gasteiger partial charge in [-0.25, -0.2) is 13.2 Å². The predicted octanol–water partition coefficient (Wildman–Crippen LogP) is 2.53. The molecular formula is C21H24N2O6S. The Kier molecular flexibility index (Phi) is 6.86. The van der Waals surface area contributed by atoms with E-state index in [0.717, 1.165) is 0 Å². The Morgan fingerprint density at radius 1 is 1.03 bits per heavy atom. The van der Waals surface area contributed by atoms with Crippen molar-refractivity contribution >= 4 is 27.6 Å². The normalized spacial score (nSPS) is 15.0. The van der Waals surface area contributed by atoms with Crippen LogP contribution in [0.25, 0.3) is 0 Å². The van der Waals surface area contributed by atoms with E-state index in [1.165, 1.54) is 28.6 Å². The van der Waals surface area contributed by atoms with Crippen LogP contribution >= 0.6 is 0 Å². The predicted molar refractivity (Wildman–Crippen MR) is 111 cm³/mol. The number of amides is 1. The van der Waals surface area contributed by atoms with Gasteiger partial charge in [0.1, 0.15) is 0 Å². The van der Waals surface area contributed by atoms with Crippen LogP contribution in [0.1, 0.15) is 34.6 Å². The summed E-state index contributed by atoms with van der Waals surface area (Å²) < 4.78 is 37.7. The first kappa shape index (κ1) is 21.9. The third-order valence-corrected chi connectivity index (χ3v) is 6.40. The van der Waals surface area contributed by atoms with Gasteiger partial charge in [0.25, 0.3) is 5.91 Å². The van der Waals surface area contributed by atoms with Crippen LogP contribution in [0.5, 0.6) is 0 Å². The number of ether oxygens (including phenoxy) is 2. The number of hydrogen-bond acceptors (Lipinski definition) is 6. The SMILES string of the molecule is CC(C)OC(=O)c1ccc(NC(=O)c2ccccc2S(=O)(=O)N2CCOCC2)cc1. The Morgan fingerprint density at radius 3 is 2.30 bits per heavy atom. The fraction of sp³-hybridized carbons (Fsp3) is 0.333. The summed E-state index contributed by atoms with van der Waals surface area (Å²) in [4.78, 5) is 24.7. The third kappa shape index (κ3) is 5.05. The molecule has 0 aliphatic carbocycles. The highest BCUT2D eigenvalue weighted by molar-refractivity contribution is 7.89. The largest absolute Gasteiger partial charge is 0.459 e. The second-order valence-electron chi connectivity index (χ2n) is 7.00. The van der Waals surface area contributed by atoms with Crippen molar-refractivity contribution in [1.82, 2.24) is 4.31 Å². The van der Waals surface area contributed by atoms with E-state index in [9.17, 15) is 18.0 Å². The molecule has 0 unspecified atom stereocenters. The second kappa shape index (κ2) is 9.38. The number of hydrogen-bond donors (Lipinski definition) is 1. The minimum Gasteiger partial charge on any atom is -0.459 e. The summed E-state index contributed by atoms with van der Waals surface area (Å²) in [5, 5.41) is 2.68. The van der Waals surface area contributed by atoms with Gasteiger partial charge < -0.3 is 14.8 Å². The fourth-order valence-corrected chi connectivity index (χ4v) is 4.57. The summed E-state index contributed by atoms with van der Waals surface area (Å²) in [5.74, 6) is -1.01. The molecule has 9 heteroatoms. The van der Waals surface area contributed by atoms with Crippen molar-refractivity contribution < 1.29 is 27.5 Å². The van der Waals surface area contributed by atoms with Crippen molar-refractivity contribution in [2.45, 2.75) is 24.8 Å². The number of benzene rings is 2. The first-order valence-electron chi connectivity index (χ1n) is 9.58. The smallest absolute Gasteiger partial charge is 0.338 e. The van der Waals surface area contributed by atoms with Crippen molar-refractivity contribution in [3.8, 4) is 0 Å². The van der Waals surface area contributed by atoms with Gasteiger partial charge in [-0.1, -0.05) is 12.1 Å². The molecule has 1 amide bonds. The van der Waals surface area contributed by atoms with Gasteiger partial charge in [0.2, 0.25) is 10.0 Å². The zero-order valence-electron chi connectivity index (χ0n) is 16.8. The molecular weight excluding hydrogens is 408 g/mol. The van der Waals surface area contributed by atoms with Gasteiger partial charge >= 0.3 is 5.97 Å². The van der Waals surface area contributed by atoms with E-state index in [1.807, 2.05) is 0 Å². The highest BCUT2D eigenvalue weighted by Gasteiger charge is 2.30. The van der Waals surface area contributed by atoms with Crippen LogP contribution in [0.15, 0.2) is 53.4 Å². The molecule has 0 atom stereocenters. The summed E-state index contributed by atoms with van der Waals surface area (Å²) in [6, 6.07) is 12.3. The number of nitrogens with one attached hydrogen (secondary N) is 1. The van der Waals surface area contributed by atoms with Gasteiger partial charge in [-0.3, -0.25) is 4.79 Å². The van der Waals surface area contributed by atoms with Crippen molar-refractivity contribution in [2.75, 3.05) is 31.6 Å². The minimum absolute atomic E-state index is 0.0484. The standard InChI is InChI=1S/C21H24N2O6S/c1-15(2)29-21(25)16-7-9-17(10-8-16)22-20(24)18-5-3-4-6-19(18)30(26,27)23-11-13-28-14-12-23/h3-10,15H,11-14H2,1-2H3,(H,22,24). The lowest BCUT2D eigenvalue weighted by Gasteiger charge is -2.26. The van der Waals surface area contributed by atoms with Crippen LogP contribution in [0, 0.1) is 0 Å². The summed E-state index contributed by atoms with van der Waals surface area (Å²) in [6.45, 7) is 4.64. The van der Waals surface area contributed by atoms with Crippen molar-refractivity contribution in [2.24, 2.45) is 0 Å². The minimum atomic E-state index is -3.83. The molecule has 1 heterocycles. The molecule has 2 aromatic rings. The molecule has 0 bridgehead atoms. The van der Waals surface area contributed by atoms with Crippen molar-refractivity contribution in [3.05, 3.63) is 59.7 Å². The maximum Gasteiger partial charge on any atom is 0.338 e. The van der Waals surface area contributed by atoms with E-state index < -0.39 is 21.9 Å². The quantitative estimate of drug-likeness (QED) is 0.704. The van der Waals surface area contributed by atoms with Gasteiger partial charge in [-0.05, 0) is 50.2 Å². The molecule has 8 nitrogen and oxygen atoms in total. The van der Waals surface area contributed by atoms with Crippen LogP contribution < -0.4 is 5.32 Å². The van der Waals surface area contributed by atoms with Crippen LogP contribution in [-0.2, 0) is 19.5 Å². The molecule has 0 aromatic heterocycles. The van der Waals surface area contributed by atoms with Crippen molar-refractivity contribution in [3.63, 3.8) is 0 Å². The lowest BCUT2D eigenvalue weighted by atomic mass is 10.2. The highest BCUT2D eigenvalue weighted by Crippen LogP contribution is 2.22. The molecule has 0 radical (unpaired) electrons. The van der Waals surface area contributed by atoms with Gasteiger partial charge in [0.15, 0.2) is 0 Å². The molecule has 1 saturated heterocycles. The van der Waals surface area contributed by atoms with E-state index in [2.05, 4.69) is 5.32 Å². The average Bonchev–Trinajstić information content (AvgIpc) is 2.74. The number of carbonyl (C=O) groups is 2. The Balaban J connectivity index is 1.79. The number of nitrogens with zero attached hydrogens (tertiary/aromatic N) is 1. The number of rotatable bonds is 6. The zero-order chi connectivity index (χ0) is 21.7. The van der Waals surface area contributed by atoms with Gasteiger partial charge in [-0.15, -0.1) is 0 Å². The Hall–Kier alpha value is -2.75. The monoisotopic (exact) mass is 432 g/mol. The molecule has 1 N–H and O–H groups in total. The number of carbonyl (C=O) groups excluding carboxylic acids is 2. The topological polar surface area (TPSA) is 102 Å². The van der Waals surface area contributed by atoms with E-state index in [1.54, 1.807) is 38.1 Å². The summed E-state index contributed by atoms with van der Waals surface area (Å²) in [5.41, 5.74) is 0.837. The third-order valence-electron chi connectivity index (χ3n) is 4.44. The van der Waals surface area contributed by atoms with Gasteiger partial charge in [0, 0.05) is 18.8 Å². The summed E-state index contributed by atoms with van der Waals surface area (Å²) >= 11 is 0. The number of sulfonamides is 1. The lowest BCUT2D eigenvalue weighted by molar-refractivity contribution is 0.0378. The molecule has 1 aliphatic heterocycles. The molecule has 3 rings (SSSR count). The first-order valence-corrected chi connectivity index (χ1v) is 11.0. The second-order valence-corrected chi connectivity index (χ2v) is 8.90. The molecule has 30 heavy (non-hydrogen) atoms. The first-order chi connectivity index (χ1) is 14.3. The summed E-state index contributed by atoms with van der Waals surface area (Å²) in [7, 11) is -3.83. The van der Waals surface area contributed by atoms with E-state index in [-0.39, 0.29) is 29.7 Å².